The lowest BCUT2D eigenvalue weighted by atomic mass is 10.1. The van der Waals surface area contributed by atoms with Crippen LogP contribution in [-0.2, 0) is 15.8 Å². The molecule has 0 saturated carbocycles. The van der Waals surface area contributed by atoms with E-state index < -0.39 is 35.1 Å². The highest BCUT2D eigenvalue weighted by Crippen LogP contribution is 2.35. The SMILES string of the molecule is O=C([O-])c1ccc(N2C(=O)C=CC2=O)cc1C(F)(F)F. The number of aromatic carboxylic acids is 1. The monoisotopic (exact) mass is 284 g/mol. The smallest absolute Gasteiger partial charge is 0.417 e. The van der Waals surface area contributed by atoms with E-state index >= 15 is 0 Å². The molecule has 0 fully saturated rings. The molecule has 1 aliphatic heterocycles. The zero-order valence-electron chi connectivity index (χ0n) is 9.60. The molecule has 1 heterocycles. The molecule has 0 saturated heterocycles. The summed E-state index contributed by atoms with van der Waals surface area (Å²) in [6.07, 6.45) is -3.14. The first-order valence-electron chi connectivity index (χ1n) is 5.20. The van der Waals surface area contributed by atoms with Crippen LogP contribution in [0.1, 0.15) is 15.9 Å². The number of anilines is 1. The molecule has 104 valence electrons. The molecule has 0 bridgehead atoms. The molecule has 0 aromatic heterocycles. The van der Waals surface area contributed by atoms with Crippen LogP contribution in [0.15, 0.2) is 30.4 Å². The Morgan fingerprint density at radius 2 is 1.65 bits per heavy atom. The van der Waals surface area contributed by atoms with Crippen molar-refractivity contribution < 1.29 is 32.7 Å². The van der Waals surface area contributed by atoms with Crippen molar-refractivity contribution in [3.8, 4) is 0 Å². The maximum atomic E-state index is 12.8. The summed E-state index contributed by atoms with van der Waals surface area (Å²) in [6, 6.07) is 2.00. The maximum absolute atomic E-state index is 12.8. The fourth-order valence-corrected chi connectivity index (χ4v) is 1.74. The predicted molar refractivity (Wildman–Crippen MR) is 57.4 cm³/mol. The van der Waals surface area contributed by atoms with Crippen LogP contribution in [0.4, 0.5) is 18.9 Å². The Morgan fingerprint density at radius 3 is 2.10 bits per heavy atom. The Morgan fingerprint density at radius 1 is 1.10 bits per heavy atom. The molecule has 1 aromatic carbocycles. The number of benzene rings is 1. The topological polar surface area (TPSA) is 77.5 Å². The number of carbonyl (C=O) groups excluding carboxylic acids is 3. The molecule has 0 radical (unpaired) electrons. The highest BCUT2D eigenvalue weighted by molar-refractivity contribution is 6.28. The fraction of sp³-hybridized carbons (Fsp3) is 0.0833. The third-order valence-corrected chi connectivity index (χ3v) is 2.60. The van der Waals surface area contributed by atoms with Gasteiger partial charge in [-0.2, -0.15) is 13.2 Å². The van der Waals surface area contributed by atoms with Crippen molar-refractivity contribution in [2.45, 2.75) is 6.18 Å². The van der Waals surface area contributed by atoms with Gasteiger partial charge in [0, 0.05) is 17.7 Å². The van der Waals surface area contributed by atoms with Gasteiger partial charge in [-0.05, 0) is 12.1 Å². The van der Waals surface area contributed by atoms with Crippen LogP contribution in [0.2, 0.25) is 0 Å². The highest BCUT2D eigenvalue weighted by atomic mass is 19.4. The van der Waals surface area contributed by atoms with E-state index in [1.807, 2.05) is 0 Å². The fourth-order valence-electron chi connectivity index (χ4n) is 1.74. The number of carboxylic acid groups (broad SMARTS) is 1. The first-order valence-corrected chi connectivity index (χ1v) is 5.20. The zero-order chi connectivity index (χ0) is 15.1. The van der Waals surface area contributed by atoms with Crippen LogP contribution in [-0.4, -0.2) is 17.8 Å². The lowest BCUT2D eigenvalue weighted by Crippen LogP contribution is -2.31. The van der Waals surface area contributed by atoms with Crippen molar-refractivity contribution in [1.29, 1.82) is 0 Å². The molecule has 0 aliphatic carbocycles. The van der Waals surface area contributed by atoms with Crippen molar-refractivity contribution >= 4 is 23.5 Å². The molecule has 0 spiro atoms. The molecular formula is C12H5F3NO4-. The zero-order valence-corrected chi connectivity index (χ0v) is 9.60. The second kappa shape index (κ2) is 4.48. The third kappa shape index (κ3) is 2.27. The van der Waals surface area contributed by atoms with Gasteiger partial charge in [-0.25, -0.2) is 4.90 Å². The molecule has 0 unspecified atom stereocenters. The van der Waals surface area contributed by atoms with E-state index in [4.69, 9.17) is 0 Å². The van der Waals surface area contributed by atoms with Crippen molar-refractivity contribution in [2.75, 3.05) is 4.90 Å². The largest absolute Gasteiger partial charge is 0.545 e. The Balaban J connectivity index is 2.56. The first kappa shape index (κ1) is 13.8. The molecule has 5 nitrogen and oxygen atoms in total. The predicted octanol–water partition coefficient (Wildman–Crippen LogP) is 0.498. The second-order valence-electron chi connectivity index (χ2n) is 3.86. The van der Waals surface area contributed by atoms with Gasteiger partial charge < -0.3 is 9.90 Å². The van der Waals surface area contributed by atoms with Gasteiger partial charge in [0.25, 0.3) is 11.8 Å². The normalized spacial score (nSPS) is 15.1. The number of carboxylic acids is 1. The minimum absolute atomic E-state index is 0.359. The van der Waals surface area contributed by atoms with Crippen molar-refractivity contribution in [1.82, 2.24) is 0 Å². The van der Waals surface area contributed by atoms with Gasteiger partial charge in [0.15, 0.2) is 0 Å². The summed E-state index contributed by atoms with van der Waals surface area (Å²) in [5.74, 6) is -3.60. The number of alkyl halides is 3. The first-order chi connectivity index (χ1) is 9.21. The van der Waals surface area contributed by atoms with Crippen LogP contribution in [0.5, 0.6) is 0 Å². The van der Waals surface area contributed by atoms with Gasteiger partial charge in [-0.1, -0.05) is 6.07 Å². The van der Waals surface area contributed by atoms with Crippen LogP contribution in [0, 0.1) is 0 Å². The minimum atomic E-state index is -4.95. The van der Waals surface area contributed by atoms with Gasteiger partial charge in [-0.3, -0.25) is 9.59 Å². The van der Waals surface area contributed by atoms with Gasteiger partial charge >= 0.3 is 6.18 Å². The number of halogens is 3. The molecule has 0 atom stereocenters. The second-order valence-corrected chi connectivity index (χ2v) is 3.86. The van der Waals surface area contributed by atoms with Crippen molar-refractivity contribution in [3.05, 3.63) is 41.5 Å². The summed E-state index contributed by atoms with van der Waals surface area (Å²) in [6.45, 7) is 0. The average Bonchev–Trinajstić information content (AvgIpc) is 2.67. The minimum Gasteiger partial charge on any atom is -0.545 e. The van der Waals surface area contributed by atoms with Crippen molar-refractivity contribution in [2.24, 2.45) is 0 Å². The highest BCUT2D eigenvalue weighted by Gasteiger charge is 2.35. The third-order valence-electron chi connectivity index (χ3n) is 2.60. The number of rotatable bonds is 2. The molecule has 1 aromatic rings. The lowest BCUT2D eigenvalue weighted by molar-refractivity contribution is -0.255. The van der Waals surface area contributed by atoms with E-state index in [0.29, 0.717) is 17.0 Å². The van der Waals surface area contributed by atoms with Crippen molar-refractivity contribution in [3.63, 3.8) is 0 Å². The summed E-state index contributed by atoms with van der Waals surface area (Å²) < 4.78 is 38.3. The van der Waals surface area contributed by atoms with E-state index in [9.17, 15) is 32.7 Å². The molecular weight excluding hydrogens is 279 g/mol. The molecule has 8 heteroatoms. The summed E-state index contributed by atoms with van der Waals surface area (Å²) in [5.41, 5.74) is -2.90. The standard InChI is InChI=1S/C12H6F3NO4/c13-12(14,15)8-5-6(1-2-7(8)11(19)20)16-9(17)3-4-10(16)18/h1-5H,(H,19,20)/p-1. The lowest BCUT2D eigenvalue weighted by Gasteiger charge is -2.19. The number of carbonyl (C=O) groups is 3. The quantitative estimate of drug-likeness (QED) is 0.741. The van der Waals surface area contributed by atoms with E-state index in [2.05, 4.69) is 0 Å². The molecule has 0 N–H and O–H groups in total. The Kier molecular flexibility index (Phi) is 3.09. The molecule has 2 amide bonds. The summed E-state index contributed by atoms with van der Waals surface area (Å²) >= 11 is 0. The van der Waals surface area contributed by atoms with E-state index in [1.165, 1.54) is 0 Å². The van der Waals surface area contributed by atoms with Crippen LogP contribution in [0.25, 0.3) is 0 Å². The Labute approximate surface area is 109 Å². The van der Waals surface area contributed by atoms with E-state index in [0.717, 1.165) is 18.2 Å². The number of imide groups is 1. The van der Waals surface area contributed by atoms with Crippen LogP contribution >= 0.6 is 0 Å². The van der Waals surface area contributed by atoms with Crippen LogP contribution in [0.3, 0.4) is 0 Å². The molecule has 1 aliphatic rings. The Hall–Kier alpha value is -2.64. The number of hydrogen-bond donors (Lipinski definition) is 0. The van der Waals surface area contributed by atoms with Gasteiger partial charge in [0.1, 0.15) is 0 Å². The summed E-state index contributed by atoms with van der Waals surface area (Å²) in [7, 11) is 0. The van der Waals surface area contributed by atoms with Gasteiger partial charge in [0.2, 0.25) is 0 Å². The summed E-state index contributed by atoms with van der Waals surface area (Å²) in [4.78, 5) is 33.9. The number of nitrogens with zero attached hydrogens (tertiary/aromatic N) is 1. The van der Waals surface area contributed by atoms with E-state index in [-0.39, 0.29) is 5.69 Å². The number of hydrogen-bond acceptors (Lipinski definition) is 4. The Bertz CT molecular complexity index is 631. The van der Waals surface area contributed by atoms with Gasteiger partial charge in [0.05, 0.1) is 17.2 Å². The molecule has 2 rings (SSSR count). The van der Waals surface area contributed by atoms with E-state index in [1.54, 1.807) is 0 Å². The summed E-state index contributed by atoms with van der Waals surface area (Å²) in [5, 5.41) is 10.7. The number of amides is 2. The maximum Gasteiger partial charge on any atom is 0.417 e. The molecule has 20 heavy (non-hydrogen) atoms. The van der Waals surface area contributed by atoms with Crippen LogP contribution < -0.4 is 10.0 Å². The van der Waals surface area contributed by atoms with Gasteiger partial charge in [-0.15, -0.1) is 0 Å². The average molecular weight is 284 g/mol.